The summed E-state index contributed by atoms with van der Waals surface area (Å²) in [6.45, 7) is 1.09. The lowest BCUT2D eigenvalue weighted by atomic mass is 9.95. The van der Waals surface area contributed by atoms with E-state index in [0.29, 0.717) is 48.8 Å². The third-order valence-electron chi connectivity index (χ3n) is 4.82. The highest BCUT2D eigenvalue weighted by molar-refractivity contribution is 5.93. The minimum Gasteiger partial charge on any atom is -0.495 e. The van der Waals surface area contributed by atoms with Crippen LogP contribution in [0.3, 0.4) is 0 Å². The Kier molecular flexibility index (Phi) is 8.15. The second-order valence-corrected chi connectivity index (χ2v) is 6.70. The second-order valence-electron chi connectivity index (χ2n) is 6.70. The minimum atomic E-state index is -0.137. The molecular formula is C21H26ClN3O4. The zero-order valence-corrected chi connectivity index (χ0v) is 17.1. The SMILES string of the molecule is COc1ccc(NC(=O)C2CCN(C(=O)COc3ccccc3)CC2)cc1N.Cl. The van der Waals surface area contributed by atoms with Crippen molar-refractivity contribution in [1.82, 2.24) is 4.90 Å². The van der Waals surface area contributed by atoms with Gasteiger partial charge in [0, 0.05) is 24.7 Å². The zero-order chi connectivity index (χ0) is 19.9. The van der Waals surface area contributed by atoms with Gasteiger partial charge in [0.15, 0.2) is 6.61 Å². The number of carbonyl (C=O) groups is 2. The third-order valence-corrected chi connectivity index (χ3v) is 4.82. The number of amides is 2. The molecule has 0 unspecified atom stereocenters. The molecule has 0 saturated carbocycles. The van der Waals surface area contributed by atoms with Gasteiger partial charge in [0.05, 0.1) is 12.8 Å². The average molecular weight is 420 g/mol. The molecule has 0 radical (unpaired) electrons. The Bertz CT molecular complexity index is 824. The number of nitrogens with one attached hydrogen (secondary N) is 1. The predicted molar refractivity (Wildman–Crippen MR) is 115 cm³/mol. The van der Waals surface area contributed by atoms with E-state index in [1.165, 1.54) is 0 Å². The van der Waals surface area contributed by atoms with Crippen molar-refractivity contribution in [3.05, 3.63) is 48.5 Å². The van der Waals surface area contributed by atoms with Crippen LogP contribution in [0, 0.1) is 5.92 Å². The van der Waals surface area contributed by atoms with Crippen molar-refractivity contribution in [2.45, 2.75) is 12.8 Å². The lowest BCUT2D eigenvalue weighted by Crippen LogP contribution is -2.43. The molecule has 0 aromatic heterocycles. The number of likely N-dealkylation sites (tertiary alicyclic amines) is 1. The van der Waals surface area contributed by atoms with Crippen molar-refractivity contribution >= 4 is 35.6 Å². The van der Waals surface area contributed by atoms with E-state index in [9.17, 15) is 9.59 Å². The first-order valence-electron chi connectivity index (χ1n) is 9.27. The fourth-order valence-corrected chi connectivity index (χ4v) is 3.20. The van der Waals surface area contributed by atoms with Gasteiger partial charge in [-0.05, 0) is 43.2 Å². The highest BCUT2D eigenvalue weighted by atomic mass is 35.5. The third kappa shape index (κ3) is 6.02. The number of methoxy groups -OCH3 is 1. The number of nitrogens with two attached hydrogens (primary N) is 1. The predicted octanol–water partition coefficient (Wildman–Crippen LogP) is 2.96. The zero-order valence-electron chi connectivity index (χ0n) is 16.3. The molecule has 7 nitrogen and oxygen atoms in total. The Morgan fingerprint density at radius 2 is 1.83 bits per heavy atom. The lowest BCUT2D eigenvalue weighted by molar-refractivity contribution is -0.136. The van der Waals surface area contributed by atoms with Crippen molar-refractivity contribution < 1.29 is 19.1 Å². The normalized spacial score (nSPS) is 13.9. The Morgan fingerprint density at radius 3 is 2.45 bits per heavy atom. The molecule has 8 heteroatoms. The van der Waals surface area contributed by atoms with Gasteiger partial charge in [-0.1, -0.05) is 18.2 Å². The molecule has 1 aliphatic heterocycles. The van der Waals surface area contributed by atoms with Crippen LogP contribution in [0.25, 0.3) is 0 Å². The van der Waals surface area contributed by atoms with Crippen LogP contribution in [0.2, 0.25) is 0 Å². The number of para-hydroxylation sites is 1. The molecule has 1 heterocycles. The number of halogens is 1. The Balaban J connectivity index is 0.00000300. The molecule has 29 heavy (non-hydrogen) atoms. The number of nitrogen functional groups attached to an aromatic ring is 1. The fourth-order valence-electron chi connectivity index (χ4n) is 3.20. The van der Waals surface area contributed by atoms with Crippen LogP contribution in [0.5, 0.6) is 11.5 Å². The van der Waals surface area contributed by atoms with Gasteiger partial charge in [-0.2, -0.15) is 0 Å². The van der Waals surface area contributed by atoms with Crippen LogP contribution in [0.15, 0.2) is 48.5 Å². The van der Waals surface area contributed by atoms with Gasteiger partial charge in [-0.3, -0.25) is 9.59 Å². The summed E-state index contributed by atoms with van der Waals surface area (Å²) < 4.78 is 10.6. The van der Waals surface area contributed by atoms with Crippen LogP contribution in [0.1, 0.15) is 12.8 Å². The summed E-state index contributed by atoms with van der Waals surface area (Å²) in [6.07, 6.45) is 1.24. The summed E-state index contributed by atoms with van der Waals surface area (Å²) in [5.41, 5.74) is 6.98. The quantitative estimate of drug-likeness (QED) is 0.702. The molecule has 156 valence electrons. The molecule has 0 aliphatic carbocycles. The molecule has 3 rings (SSSR count). The summed E-state index contributed by atoms with van der Waals surface area (Å²) >= 11 is 0. The van der Waals surface area contributed by atoms with Gasteiger partial charge >= 0.3 is 0 Å². The van der Waals surface area contributed by atoms with E-state index in [-0.39, 0.29) is 36.7 Å². The highest BCUT2D eigenvalue weighted by Gasteiger charge is 2.27. The van der Waals surface area contributed by atoms with Gasteiger partial charge in [0.2, 0.25) is 5.91 Å². The molecule has 2 amide bonds. The van der Waals surface area contributed by atoms with Crippen LogP contribution in [0.4, 0.5) is 11.4 Å². The molecule has 0 atom stereocenters. The molecule has 1 saturated heterocycles. The van der Waals surface area contributed by atoms with Gasteiger partial charge in [0.1, 0.15) is 11.5 Å². The maximum atomic E-state index is 12.5. The Hall–Kier alpha value is -2.93. The van der Waals surface area contributed by atoms with E-state index >= 15 is 0 Å². The first-order chi connectivity index (χ1) is 13.6. The molecule has 1 fully saturated rings. The van der Waals surface area contributed by atoms with Crippen molar-refractivity contribution in [3.8, 4) is 11.5 Å². The van der Waals surface area contributed by atoms with Crippen LogP contribution < -0.4 is 20.5 Å². The van der Waals surface area contributed by atoms with E-state index in [1.54, 1.807) is 30.2 Å². The van der Waals surface area contributed by atoms with E-state index in [4.69, 9.17) is 15.2 Å². The van der Waals surface area contributed by atoms with Gasteiger partial charge < -0.3 is 25.4 Å². The minimum absolute atomic E-state index is 0. The monoisotopic (exact) mass is 419 g/mol. The maximum Gasteiger partial charge on any atom is 0.260 e. The van der Waals surface area contributed by atoms with Crippen LogP contribution >= 0.6 is 12.4 Å². The highest BCUT2D eigenvalue weighted by Crippen LogP contribution is 2.26. The first-order valence-corrected chi connectivity index (χ1v) is 9.27. The van der Waals surface area contributed by atoms with E-state index in [0.717, 1.165) is 0 Å². The Labute approximate surface area is 176 Å². The molecule has 3 N–H and O–H groups in total. The molecule has 0 spiro atoms. The topological polar surface area (TPSA) is 93.9 Å². The van der Waals surface area contributed by atoms with Gasteiger partial charge in [-0.15, -0.1) is 12.4 Å². The second kappa shape index (κ2) is 10.6. The van der Waals surface area contributed by atoms with Crippen molar-refractivity contribution in [2.75, 3.05) is 37.9 Å². The number of benzene rings is 2. The van der Waals surface area contributed by atoms with E-state index in [2.05, 4.69) is 5.32 Å². The number of nitrogens with zero attached hydrogens (tertiary/aromatic N) is 1. The average Bonchev–Trinajstić information content (AvgIpc) is 2.73. The van der Waals surface area contributed by atoms with Crippen LogP contribution in [-0.2, 0) is 9.59 Å². The molecular weight excluding hydrogens is 394 g/mol. The summed E-state index contributed by atoms with van der Waals surface area (Å²) in [5.74, 6) is 0.983. The number of hydrogen-bond donors (Lipinski definition) is 2. The van der Waals surface area contributed by atoms with Crippen molar-refractivity contribution in [3.63, 3.8) is 0 Å². The molecule has 1 aliphatic rings. The molecule has 2 aromatic rings. The lowest BCUT2D eigenvalue weighted by Gasteiger charge is -2.31. The van der Waals surface area contributed by atoms with Crippen molar-refractivity contribution in [2.24, 2.45) is 5.92 Å². The van der Waals surface area contributed by atoms with Gasteiger partial charge in [0.25, 0.3) is 5.91 Å². The number of ether oxygens (including phenoxy) is 2. The number of anilines is 2. The summed E-state index contributed by atoms with van der Waals surface area (Å²) in [5, 5.41) is 2.89. The first kappa shape index (κ1) is 22.4. The largest absolute Gasteiger partial charge is 0.495 e. The van der Waals surface area contributed by atoms with Crippen LogP contribution in [-0.4, -0.2) is 43.5 Å². The summed E-state index contributed by atoms with van der Waals surface area (Å²) in [7, 11) is 1.55. The Morgan fingerprint density at radius 1 is 1.14 bits per heavy atom. The standard InChI is InChI=1S/C21H25N3O4.ClH/c1-27-19-8-7-16(13-18(19)22)23-21(26)15-9-11-24(12-10-15)20(25)14-28-17-5-3-2-4-6-17;/h2-8,13,15H,9-12,14,22H2,1H3,(H,23,26);1H. The van der Waals surface area contributed by atoms with Gasteiger partial charge in [-0.25, -0.2) is 0 Å². The van der Waals surface area contributed by atoms with E-state index < -0.39 is 0 Å². The molecule has 2 aromatic carbocycles. The maximum absolute atomic E-state index is 12.5. The number of carbonyl (C=O) groups excluding carboxylic acids is 2. The fraction of sp³-hybridized carbons (Fsp3) is 0.333. The molecule has 0 bridgehead atoms. The smallest absolute Gasteiger partial charge is 0.260 e. The van der Waals surface area contributed by atoms with Crippen molar-refractivity contribution in [1.29, 1.82) is 0 Å². The summed E-state index contributed by atoms with van der Waals surface area (Å²) in [6, 6.07) is 14.4. The van der Waals surface area contributed by atoms with E-state index in [1.807, 2.05) is 30.3 Å². The summed E-state index contributed by atoms with van der Waals surface area (Å²) in [4.78, 5) is 26.6. The number of rotatable bonds is 6. The number of piperidine rings is 1. The number of hydrogen-bond acceptors (Lipinski definition) is 5.